The van der Waals surface area contributed by atoms with Gasteiger partial charge in [-0.15, -0.1) is 11.8 Å². The van der Waals surface area contributed by atoms with Crippen LogP contribution in [0.15, 0.2) is 11.6 Å². The van der Waals surface area contributed by atoms with Crippen molar-refractivity contribution in [2.75, 3.05) is 18.6 Å². The van der Waals surface area contributed by atoms with E-state index >= 15 is 0 Å². The fourth-order valence-corrected chi connectivity index (χ4v) is 16.1. The molecule has 4 aliphatic carbocycles. The Labute approximate surface area is 254 Å². The summed E-state index contributed by atoms with van der Waals surface area (Å²) in [7, 11) is 1.76. The van der Waals surface area contributed by atoms with Gasteiger partial charge in [0, 0.05) is 18.1 Å². The van der Waals surface area contributed by atoms with Gasteiger partial charge in [0.15, 0.2) is 0 Å². The topological polar surface area (TPSA) is 110 Å². The molecule has 0 bridgehead atoms. The molecule has 1 saturated heterocycles. The van der Waals surface area contributed by atoms with Crippen LogP contribution in [0.2, 0.25) is 0 Å². The molecule has 1 spiro atoms. The SMILES string of the molecule is C=S1CCSC12C1C3CCC4C(C)C(O)CCC4(C)C3=CCC1(C)C(CCCCC(C)(O)CCC(=O)O)C2(O)NC. The van der Waals surface area contributed by atoms with Crippen LogP contribution in [0.5, 0.6) is 0 Å². The lowest BCUT2D eigenvalue weighted by Gasteiger charge is -2.60. The molecule has 0 radical (unpaired) electrons. The first-order chi connectivity index (χ1) is 19.2. The summed E-state index contributed by atoms with van der Waals surface area (Å²) in [5.74, 6) is 7.65. The van der Waals surface area contributed by atoms with E-state index in [-0.39, 0.29) is 50.3 Å². The van der Waals surface area contributed by atoms with Crippen LogP contribution in [-0.4, -0.2) is 72.3 Å². The Morgan fingerprint density at radius 3 is 2.61 bits per heavy atom. The van der Waals surface area contributed by atoms with E-state index in [9.17, 15) is 20.1 Å². The van der Waals surface area contributed by atoms with Crippen molar-refractivity contribution in [2.24, 2.45) is 40.4 Å². The van der Waals surface area contributed by atoms with E-state index in [2.05, 4.69) is 32.2 Å². The second kappa shape index (κ2) is 11.2. The van der Waals surface area contributed by atoms with Crippen LogP contribution in [0.25, 0.3) is 0 Å². The fraction of sp³-hybridized carbons (Fsp3) is 0.879. The third-order valence-corrected chi connectivity index (χ3v) is 17.6. The summed E-state index contributed by atoms with van der Waals surface area (Å²) < 4.78 is -0.332. The van der Waals surface area contributed by atoms with Gasteiger partial charge in [-0.1, -0.05) is 51.1 Å². The third kappa shape index (κ3) is 4.84. The molecule has 6 nitrogen and oxygen atoms in total. The first-order valence-electron chi connectivity index (χ1n) is 16.1. The van der Waals surface area contributed by atoms with Crippen LogP contribution in [0.4, 0.5) is 0 Å². The van der Waals surface area contributed by atoms with Gasteiger partial charge in [-0.3, -0.25) is 10.1 Å². The van der Waals surface area contributed by atoms with Crippen LogP contribution >= 0.6 is 22.2 Å². The molecule has 5 N–H and O–H groups in total. The van der Waals surface area contributed by atoms with E-state index in [1.165, 1.54) is 0 Å². The van der Waals surface area contributed by atoms with Gasteiger partial charge in [0.25, 0.3) is 0 Å². The summed E-state index contributed by atoms with van der Waals surface area (Å²) in [4.78, 5) is 11.0. The van der Waals surface area contributed by atoms with Crippen molar-refractivity contribution in [3.8, 4) is 0 Å². The van der Waals surface area contributed by atoms with Crippen LogP contribution < -0.4 is 5.32 Å². The highest BCUT2D eigenvalue weighted by molar-refractivity contribution is 8.29. The lowest BCUT2D eigenvalue weighted by molar-refractivity contribution is -0.138. The Hall–Kier alpha value is -0.380. The maximum absolute atomic E-state index is 12.9. The highest BCUT2D eigenvalue weighted by atomic mass is 32.2. The summed E-state index contributed by atoms with van der Waals surface area (Å²) >= 11 is 1.99. The number of nitrogens with one attached hydrogen (secondary N) is 1. The maximum Gasteiger partial charge on any atom is 0.303 e. The third-order valence-electron chi connectivity index (χ3n) is 12.8. The van der Waals surface area contributed by atoms with E-state index in [4.69, 9.17) is 11.0 Å². The molecule has 12 unspecified atom stereocenters. The Morgan fingerprint density at radius 1 is 1.24 bits per heavy atom. The minimum Gasteiger partial charge on any atom is -0.481 e. The molecular formula is C33H55NO5S2. The number of hydrogen-bond acceptors (Lipinski definition) is 6. The average molecular weight is 610 g/mol. The zero-order valence-electron chi connectivity index (χ0n) is 26.0. The van der Waals surface area contributed by atoms with Gasteiger partial charge >= 0.3 is 5.97 Å². The summed E-state index contributed by atoms with van der Waals surface area (Å²) in [5, 5.41) is 47.0. The lowest BCUT2D eigenvalue weighted by Crippen LogP contribution is -2.61. The van der Waals surface area contributed by atoms with Gasteiger partial charge in [0.05, 0.1) is 11.7 Å². The number of fused-ring (bicyclic) bond motifs is 6. The van der Waals surface area contributed by atoms with Crippen LogP contribution in [0.1, 0.15) is 98.3 Å². The van der Waals surface area contributed by atoms with Crippen LogP contribution in [0.3, 0.4) is 0 Å². The van der Waals surface area contributed by atoms with Gasteiger partial charge < -0.3 is 20.4 Å². The first-order valence-corrected chi connectivity index (χ1v) is 18.6. The molecule has 0 aromatic heterocycles. The molecule has 8 heteroatoms. The normalized spacial score (nSPS) is 48.7. The van der Waals surface area contributed by atoms with Gasteiger partial charge in [-0.2, -0.15) is 10.5 Å². The standard InChI is InChI=1S/C33H55NO5S2/c1-21-23-11-10-22-24(30(23,3)18-13-25(21)35)12-17-31(4)26(9-7-8-15-29(2,38)16-14-27(36)37)32(39,34-5)33(28(22)31)40-19-20-41(33)6/h12,21-23,25-26,28,34-35,38-39H,6-11,13-20H2,1-5H3,(H,36,37). The number of aliphatic hydroxyl groups is 3. The van der Waals surface area contributed by atoms with Crippen molar-refractivity contribution < 1.29 is 25.2 Å². The van der Waals surface area contributed by atoms with E-state index < -0.39 is 17.3 Å². The molecule has 3 saturated carbocycles. The minimum absolute atomic E-state index is 0.0198. The molecule has 0 amide bonds. The number of carboxylic acid groups (broad SMARTS) is 1. The summed E-state index contributed by atoms with van der Waals surface area (Å²) in [6.07, 6.45) is 10.9. The number of rotatable bonds is 9. The predicted octanol–water partition coefficient (Wildman–Crippen LogP) is 5.62. The summed E-state index contributed by atoms with van der Waals surface area (Å²) in [6, 6.07) is 0. The van der Waals surface area contributed by atoms with E-state index in [1.807, 2.05) is 18.8 Å². The minimum atomic E-state index is -1.03. The monoisotopic (exact) mass is 609 g/mol. The zero-order valence-corrected chi connectivity index (χ0v) is 27.6. The number of allylic oxidation sites excluding steroid dienone is 2. The highest BCUT2D eigenvalue weighted by Crippen LogP contribution is 2.77. The van der Waals surface area contributed by atoms with Crippen LogP contribution in [0, 0.1) is 40.4 Å². The Bertz CT molecular complexity index is 1080. The Morgan fingerprint density at radius 2 is 1.98 bits per heavy atom. The zero-order chi connectivity index (χ0) is 30.0. The molecule has 1 aliphatic heterocycles. The smallest absolute Gasteiger partial charge is 0.303 e. The second-order valence-electron chi connectivity index (χ2n) is 14.9. The number of unbranched alkanes of at least 4 members (excludes halogenated alkanes) is 1. The first kappa shape index (κ1) is 32.0. The number of carboxylic acids is 1. The number of hydrogen-bond donors (Lipinski definition) is 5. The highest BCUT2D eigenvalue weighted by Gasteiger charge is 2.77. The van der Waals surface area contributed by atoms with Crippen molar-refractivity contribution >= 4 is 34.1 Å². The van der Waals surface area contributed by atoms with Crippen molar-refractivity contribution in [2.45, 2.75) is 120 Å². The number of aliphatic carboxylic acids is 1. The quantitative estimate of drug-likeness (QED) is 0.0999. The number of aliphatic hydroxyl groups excluding tert-OH is 1. The van der Waals surface area contributed by atoms with Crippen molar-refractivity contribution in [3.63, 3.8) is 0 Å². The second-order valence-corrected chi connectivity index (χ2v) is 18.6. The van der Waals surface area contributed by atoms with E-state index in [0.717, 1.165) is 62.9 Å². The molecular weight excluding hydrogens is 554 g/mol. The Kier molecular flexibility index (Phi) is 8.75. The Balaban J connectivity index is 1.46. The molecule has 0 aromatic carbocycles. The van der Waals surface area contributed by atoms with Gasteiger partial charge in [0.1, 0.15) is 9.80 Å². The van der Waals surface area contributed by atoms with Crippen molar-refractivity contribution in [3.05, 3.63) is 11.6 Å². The molecule has 0 aromatic rings. The summed E-state index contributed by atoms with van der Waals surface area (Å²) in [5.41, 5.74) is -0.344. The summed E-state index contributed by atoms with van der Waals surface area (Å²) in [6.45, 7) is 8.94. The molecule has 234 valence electrons. The van der Waals surface area contributed by atoms with Crippen molar-refractivity contribution in [1.29, 1.82) is 0 Å². The van der Waals surface area contributed by atoms with E-state index in [1.54, 1.807) is 12.5 Å². The average Bonchev–Trinajstić information content (AvgIpc) is 3.37. The number of carbonyl (C=O) groups is 1. The molecule has 41 heavy (non-hydrogen) atoms. The van der Waals surface area contributed by atoms with Crippen LogP contribution in [-0.2, 0) is 4.79 Å². The van der Waals surface area contributed by atoms with Gasteiger partial charge in [-0.05, 0) is 106 Å². The molecule has 5 rings (SSSR count). The predicted molar refractivity (Wildman–Crippen MR) is 171 cm³/mol. The van der Waals surface area contributed by atoms with E-state index in [0.29, 0.717) is 30.1 Å². The maximum atomic E-state index is 12.9. The number of thioether (sulfide) groups is 1. The van der Waals surface area contributed by atoms with Crippen molar-refractivity contribution in [1.82, 2.24) is 5.32 Å². The molecule has 1 heterocycles. The van der Waals surface area contributed by atoms with Gasteiger partial charge in [-0.25, -0.2) is 0 Å². The molecule has 5 aliphatic rings. The molecule has 12 atom stereocenters. The molecule has 4 fully saturated rings. The largest absolute Gasteiger partial charge is 0.481 e. The fourth-order valence-electron chi connectivity index (χ4n) is 10.7. The lowest BCUT2D eigenvalue weighted by atomic mass is 9.47. The van der Waals surface area contributed by atoms with Gasteiger partial charge in [0.2, 0.25) is 0 Å².